The summed E-state index contributed by atoms with van der Waals surface area (Å²) in [7, 11) is 4.77. The number of hydrogen-bond acceptors (Lipinski definition) is 7. The number of para-hydroxylation sites is 1. The summed E-state index contributed by atoms with van der Waals surface area (Å²) in [5.41, 5.74) is 1.88. The van der Waals surface area contributed by atoms with E-state index in [1.165, 1.54) is 0 Å². The molecule has 1 saturated heterocycles. The second-order valence-electron chi connectivity index (χ2n) is 8.75. The van der Waals surface area contributed by atoms with Crippen LogP contribution < -0.4 is 24.8 Å². The lowest BCUT2D eigenvalue weighted by Gasteiger charge is -2.35. The largest absolute Gasteiger partial charge is 0.493 e. The zero-order chi connectivity index (χ0) is 25.7. The van der Waals surface area contributed by atoms with Crippen molar-refractivity contribution in [2.45, 2.75) is 25.4 Å². The molecule has 1 unspecified atom stereocenters. The lowest BCUT2D eigenvalue weighted by molar-refractivity contribution is -0.133. The molecule has 2 heterocycles. The summed E-state index contributed by atoms with van der Waals surface area (Å²) in [6.07, 6.45) is 0.422. The Balaban J connectivity index is 1.29. The number of anilines is 1. The fraction of sp³-hybridized carbons (Fsp3) is 0.423. The Morgan fingerprint density at radius 1 is 0.944 bits per heavy atom. The van der Waals surface area contributed by atoms with Crippen LogP contribution in [0.25, 0.3) is 0 Å². The third-order valence-electron chi connectivity index (χ3n) is 6.60. The topological polar surface area (TPSA) is 109 Å². The lowest BCUT2D eigenvalue weighted by atomic mass is 10.1. The van der Waals surface area contributed by atoms with Gasteiger partial charge in [-0.2, -0.15) is 0 Å². The minimum Gasteiger partial charge on any atom is -0.493 e. The zero-order valence-corrected chi connectivity index (χ0v) is 20.8. The zero-order valence-electron chi connectivity index (χ0n) is 20.8. The van der Waals surface area contributed by atoms with Crippen molar-refractivity contribution in [1.82, 2.24) is 15.1 Å². The Hall–Kier alpha value is -3.79. The van der Waals surface area contributed by atoms with Crippen molar-refractivity contribution in [3.8, 4) is 17.2 Å². The first kappa shape index (κ1) is 25.3. The molecule has 2 aromatic rings. The molecule has 192 valence electrons. The molecule has 2 aromatic carbocycles. The van der Waals surface area contributed by atoms with Gasteiger partial charge in [-0.3, -0.25) is 19.3 Å². The van der Waals surface area contributed by atoms with Crippen LogP contribution in [-0.2, 0) is 16.1 Å². The van der Waals surface area contributed by atoms with Gasteiger partial charge in [0.1, 0.15) is 6.04 Å². The molecule has 1 atom stereocenters. The Morgan fingerprint density at radius 3 is 2.36 bits per heavy atom. The number of rotatable bonds is 8. The summed E-state index contributed by atoms with van der Waals surface area (Å²) >= 11 is 0. The normalized spacial score (nSPS) is 18.0. The van der Waals surface area contributed by atoms with Gasteiger partial charge in [-0.15, -0.1) is 0 Å². The standard InChI is InChI=1S/C26H32N4O6/c1-34-21-10-8-17(23(35-2)24(21)36-3)16-29-12-14-30(15-13-29)22(31)11-9-20-26(33)27-19-7-5-4-6-18(19)25(32)28-20/h4-8,10,20H,9,11-16H2,1-3H3,(H,27,33)(H,28,32). The summed E-state index contributed by atoms with van der Waals surface area (Å²) in [5.74, 6) is 1.15. The molecule has 4 rings (SSSR count). The van der Waals surface area contributed by atoms with Crippen LogP contribution in [0.3, 0.4) is 0 Å². The van der Waals surface area contributed by atoms with Crippen molar-refractivity contribution < 1.29 is 28.6 Å². The molecule has 36 heavy (non-hydrogen) atoms. The van der Waals surface area contributed by atoms with Gasteiger partial charge in [0, 0.05) is 44.7 Å². The quantitative estimate of drug-likeness (QED) is 0.574. The highest BCUT2D eigenvalue weighted by atomic mass is 16.5. The first-order valence-corrected chi connectivity index (χ1v) is 11.9. The fourth-order valence-electron chi connectivity index (χ4n) is 4.62. The average Bonchev–Trinajstić information content (AvgIpc) is 3.02. The number of fused-ring (bicyclic) bond motifs is 1. The molecule has 0 saturated carbocycles. The number of piperazine rings is 1. The summed E-state index contributed by atoms with van der Waals surface area (Å²) in [4.78, 5) is 42.0. The highest BCUT2D eigenvalue weighted by Crippen LogP contribution is 2.40. The number of carbonyl (C=O) groups is 3. The molecule has 2 N–H and O–H groups in total. The van der Waals surface area contributed by atoms with E-state index in [2.05, 4.69) is 15.5 Å². The van der Waals surface area contributed by atoms with Crippen molar-refractivity contribution in [3.05, 3.63) is 47.5 Å². The van der Waals surface area contributed by atoms with Crippen molar-refractivity contribution in [3.63, 3.8) is 0 Å². The third kappa shape index (κ3) is 5.38. The van der Waals surface area contributed by atoms with Crippen LogP contribution in [0.2, 0.25) is 0 Å². The van der Waals surface area contributed by atoms with Crippen LogP contribution in [0.15, 0.2) is 36.4 Å². The number of nitrogens with zero attached hydrogens (tertiary/aromatic N) is 2. The van der Waals surface area contributed by atoms with Gasteiger partial charge in [-0.25, -0.2) is 0 Å². The molecule has 0 aromatic heterocycles. The Labute approximate surface area is 210 Å². The van der Waals surface area contributed by atoms with Gasteiger partial charge in [-0.1, -0.05) is 18.2 Å². The van der Waals surface area contributed by atoms with Crippen LogP contribution in [0.5, 0.6) is 17.2 Å². The number of benzene rings is 2. The van der Waals surface area contributed by atoms with Crippen LogP contribution >= 0.6 is 0 Å². The van der Waals surface area contributed by atoms with Gasteiger partial charge < -0.3 is 29.7 Å². The number of methoxy groups -OCH3 is 3. The molecule has 10 heteroatoms. The van der Waals surface area contributed by atoms with E-state index in [1.807, 2.05) is 17.0 Å². The van der Waals surface area contributed by atoms with Crippen LogP contribution in [0.4, 0.5) is 5.69 Å². The van der Waals surface area contributed by atoms with Gasteiger partial charge in [0.15, 0.2) is 11.5 Å². The van der Waals surface area contributed by atoms with E-state index < -0.39 is 6.04 Å². The number of ether oxygens (including phenoxy) is 3. The first-order chi connectivity index (χ1) is 17.4. The first-order valence-electron chi connectivity index (χ1n) is 11.9. The van der Waals surface area contributed by atoms with E-state index in [1.54, 1.807) is 45.6 Å². The van der Waals surface area contributed by atoms with E-state index in [0.29, 0.717) is 61.2 Å². The molecule has 2 aliphatic heterocycles. The Kier molecular flexibility index (Phi) is 7.94. The smallest absolute Gasteiger partial charge is 0.254 e. The maximum atomic E-state index is 12.9. The summed E-state index contributed by atoms with van der Waals surface area (Å²) < 4.78 is 16.4. The number of carbonyl (C=O) groups excluding carboxylic acids is 3. The molecule has 0 radical (unpaired) electrons. The predicted octanol–water partition coefficient (Wildman–Crippen LogP) is 1.89. The van der Waals surface area contributed by atoms with E-state index in [4.69, 9.17) is 14.2 Å². The summed E-state index contributed by atoms with van der Waals surface area (Å²) in [6.45, 7) is 3.24. The second-order valence-corrected chi connectivity index (χ2v) is 8.75. The van der Waals surface area contributed by atoms with E-state index in [0.717, 1.165) is 5.56 Å². The number of amides is 3. The maximum absolute atomic E-state index is 12.9. The van der Waals surface area contributed by atoms with Gasteiger partial charge in [-0.05, 0) is 24.6 Å². The van der Waals surface area contributed by atoms with Crippen LogP contribution in [0, 0.1) is 0 Å². The molecule has 3 amide bonds. The van der Waals surface area contributed by atoms with Gasteiger partial charge in [0.2, 0.25) is 17.6 Å². The summed E-state index contributed by atoms with van der Waals surface area (Å²) in [6, 6.07) is 9.92. The van der Waals surface area contributed by atoms with E-state index in [-0.39, 0.29) is 30.6 Å². The summed E-state index contributed by atoms with van der Waals surface area (Å²) in [5, 5.41) is 5.52. The van der Waals surface area contributed by atoms with Crippen molar-refractivity contribution >= 4 is 23.4 Å². The van der Waals surface area contributed by atoms with Crippen LogP contribution in [0.1, 0.15) is 28.8 Å². The SMILES string of the molecule is COc1ccc(CN2CCN(C(=O)CCC3NC(=O)c4ccccc4NC3=O)CC2)c(OC)c1OC. The minimum atomic E-state index is -0.757. The predicted molar refractivity (Wildman–Crippen MR) is 134 cm³/mol. The molecule has 0 bridgehead atoms. The van der Waals surface area contributed by atoms with Gasteiger partial charge in [0.05, 0.1) is 32.6 Å². The van der Waals surface area contributed by atoms with Gasteiger partial charge in [0.25, 0.3) is 5.91 Å². The number of hydrogen-bond donors (Lipinski definition) is 2. The highest BCUT2D eigenvalue weighted by Gasteiger charge is 2.29. The van der Waals surface area contributed by atoms with Gasteiger partial charge >= 0.3 is 0 Å². The highest BCUT2D eigenvalue weighted by molar-refractivity contribution is 6.09. The number of nitrogens with one attached hydrogen (secondary N) is 2. The molecule has 0 aliphatic carbocycles. The minimum absolute atomic E-state index is 0.0258. The molecular formula is C26H32N4O6. The van der Waals surface area contributed by atoms with Crippen LogP contribution in [-0.4, -0.2) is 81.1 Å². The lowest BCUT2D eigenvalue weighted by Crippen LogP contribution is -2.49. The average molecular weight is 497 g/mol. The second kappa shape index (κ2) is 11.3. The van der Waals surface area contributed by atoms with Crippen molar-refractivity contribution in [1.29, 1.82) is 0 Å². The van der Waals surface area contributed by atoms with E-state index >= 15 is 0 Å². The van der Waals surface area contributed by atoms with E-state index in [9.17, 15) is 14.4 Å². The van der Waals surface area contributed by atoms with Crippen molar-refractivity contribution in [2.24, 2.45) is 0 Å². The molecule has 2 aliphatic rings. The third-order valence-corrected chi connectivity index (χ3v) is 6.60. The molecular weight excluding hydrogens is 464 g/mol. The monoisotopic (exact) mass is 496 g/mol. The fourth-order valence-corrected chi connectivity index (χ4v) is 4.62. The molecule has 1 fully saturated rings. The maximum Gasteiger partial charge on any atom is 0.254 e. The Bertz CT molecular complexity index is 1130. The molecule has 0 spiro atoms. The van der Waals surface area contributed by atoms with Crippen molar-refractivity contribution in [2.75, 3.05) is 52.8 Å². The molecule has 10 nitrogen and oxygen atoms in total. The Morgan fingerprint density at radius 2 is 1.67 bits per heavy atom.